The molecule has 0 spiro atoms. The molecular formula is C88H126N12O22. The molecule has 0 aliphatic carbocycles. The Kier molecular flexibility index (Phi) is 42.9. The monoisotopic (exact) mass is 1700 g/mol. The quantitative estimate of drug-likeness (QED) is 0.0126. The molecule has 0 aliphatic heterocycles. The number of ketones is 4. The Hall–Kier alpha value is -11.4. The van der Waals surface area contributed by atoms with Gasteiger partial charge in [0.2, 0.25) is 47.3 Å². The number of aliphatic hydroxyl groups is 3. The maximum atomic E-state index is 15.4. The highest BCUT2D eigenvalue weighted by Crippen LogP contribution is 2.28. The molecule has 0 radical (unpaired) electrons. The Labute approximate surface area is 712 Å². The summed E-state index contributed by atoms with van der Waals surface area (Å²) in [7, 11) is 0. The molecule has 4 aromatic carbocycles. The molecule has 0 heterocycles. The normalized spacial score (nSPS) is 14.9. The summed E-state index contributed by atoms with van der Waals surface area (Å²) in [6.07, 6.45) is -11.4. The van der Waals surface area contributed by atoms with Crippen LogP contribution in [-0.4, -0.2) is 188 Å². The minimum Gasteiger partial charge on any atom is -0.481 e. The van der Waals surface area contributed by atoms with Gasteiger partial charge in [0.05, 0.1) is 49.3 Å². The topological polar surface area (TPSA) is 540 Å². The van der Waals surface area contributed by atoms with E-state index >= 15 is 24.0 Å². The minimum atomic E-state index is -1.84. The van der Waals surface area contributed by atoms with Crippen molar-refractivity contribution in [2.45, 2.75) is 247 Å². The predicted octanol–water partition coefficient (Wildman–Crippen LogP) is 6.56. The van der Waals surface area contributed by atoms with E-state index in [1.807, 2.05) is 41.5 Å². The minimum absolute atomic E-state index is 0.0308. The number of nitrogens with zero attached hydrogens (tertiary/aromatic N) is 1. The number of aliphatic hydroxyl groups excluding tert-OH is 3. The molecule has 0 saturated carbocycles. The molecule has 0 fully saturated rings. The lowest BCUT2D eigenvalue weighted by Crippen LogP contribution is -2.62. The van der Waals surface area contributed by atoms with Crippen LogP contribution in [0.25, 0.3) is 0 Å². The highest BCUT2D eigenvalue weighted by Gasteiger charge is 2.42. The van der Waals surface area contributed by atoms with Crippen LogP contribution in [0.15, 0.2) is 121 Å². The number of Topliss-reactive ketones (excluding diaryl/α,β-unsaturated/α-hetero) is 4. The third-order valence-corrected chi connectivity index (χ3v) is 20.1. The SMILES string of the molecule is CC[C@H](C)C(CC(=O)[C@@H](CCCN(C(=N)NC(=O)OCc1ccccc1)C(=O)OCc1ccccc1)NC(=O)[C@@H](CC(=O)[C@@H](NC(=O)[C@@H](NC(=O)[C@H](CC(C)(C)C)NC(=O)[C@@H](CC(C)(C)C)NC(=O)OCc1ccccc1)[C@H](N)c1ccccc1)[C@H](O)C(C)C)CC(C)C)C(=O)N[C@H](C(=O)CCC(=O)N[C@@H](CC(N)=O)C(=O)C[C@@H](CO)C(=O)O)[C@H](C)O. The van der Waals surface area contributed by atoms with E-state index in [-0.39, 0.29) is 51.9 Å². The van der Waals surface area contributed by atoms with Gasteiger partial charge in [0.1, 0.15) is 50.0 Å². The van der Waals surface area contributed by atoms with Crippen LogP contribution in [0.5, 0.6) is 0 Å². The maximum Gasteiger partial charge on any atom is 0.416 e. The Morgan fingerprint density at radius 1 is 0.500 bits per heavy atom. The lowest BCUT2D eigenvalue weighted by Gasteiger charge is -2.33. The van der Waals surface area contributed by atoms with Crippen molar-refractivity contribution in [3.8, 4) is 0 Å². The van der Waals surface area contributed by atoms with Crippen LogP contribution >= 0.6 is 0 Å². The van der Waals surface area contributed by atoms with E-state index in [4.69, 9.17) is 31.1 Å². The van der Waals surface area contributed by atoms with Gasteiger partial charge in [-0.05, 0) is 89.9 Å². The molecule has 4 rings (SSSR count). The van der Waals surface area contributed by atoms with Crippen LogP contribution in [0.4, 0.5) is 14.4 Å². The summed E-state index contributed by atoms with van der Waals surface area (Å²) >= 11 is 0. The molecule has 0 saturated heterocycles. The Balaban J connectivity index is 1.78. The number of benzene rings is 4. The van der Waals surface area contributed by atoms with Gasteiger partial charge in [-0.1, -0.05) is 211 Å². The van der Waals surface area contributed by atoms with Gasteiger partial charge in [0, 0.05) is 50.5 Å². The molecule has 122 heavy (non-hydrogen) atoms. The van der Waals surface area contributed by atoms with Crippen LogP contribution in [0.2, 0.25) is 0 Å². The number of hydrogen-bond acceptors (Lipinski definition) is 23. The van der Waals surface area contributed by atoms with E-state index in [0.717, 1.165) is 11.8 Å². The van der Waals surface area contributed by atoms with Gasteiger partial charge in [0.25, 0.3) is 0 Å². The molecule has 4 aromatic rings. The highest BCUT2D eigenvalue weighted by molar-refractivity contribution is 6.01. The average molecular weight is 1700 g/mol. The van der Waals surface area contributed by atoms with Gasteiger partial charge in [-0.15, -0.1) is 0 Å². The third kappa shape index (κ3) is 36.9. The van der Waals surface area contributed by atoms with Crippen molar-refractivity contribution in [3.63, 3.8) is 0 Å². The zero-order chi connectivity index (χ0) is 91.3. The number of alkyl carbamates (subject to hydrolysis) is 2. The fraction of sp³-hybridized carbons (Fsp3) is 0.545. The fourth-order valence-electron chi connectivity index (χ4n) is 13.2. The first kappa shape index (κ1) is 103. The van der Waals surface area contributed by atoms with Crippen LogP contribution in [0.3, 0.4) is 0 Å². The number of aliphatic carboxylic acids is 1. The summed E-state index contributed by atoms with van der Waals surface area (Å²) in [6.45, 7) is 19.9. The van der Waals surface area contributed by atoms with E-state index in [1.54, 1.807) is 163 Å². The molecule has 670 valence electrons. The first-order chi connectivity index (χ1) is 57.3. The number of primary amides is 1. The Morgan fingerprint density at radius 2 is 0.967 bits per heavy atom. The number of carbonyl (C=O) groups is 15. The summed E-state index contributed by atoms with van der Waals surface area (Å²) in [5.74, 6) is -18.9. The maximum absolute atomic E-state index is 15.4. The van der Waals surface area contributed by atoms with E-state index < -0.39 is 260 Å². The Bertz CT molecular complexity index is 4140. The number of nitrogens with one attached hydrogen (secondary N) is 9. The third-order valence-electron chi connectivity index (χ3n) is 20.1. The van der Waals surface area contributed by atoms with Crippen molar-refractivity contribution in [3.05, 3.63) is 144 Å². The number of carbonyl (C=O) groups excluding carboxylic acids is 14. The zero-order valence-corrected chi connectivity index (χ0v) is 72.0. The number of ether oxygens (including phenoxy) is 3. The second-order valence-electron chi connectivity index (χ2n) is 34.0. The van der Waals surface area contributed by atoms with Gasteiger partial charge < -0.3 is 83.3 Å². The number of amides is 10. The molecule has 17 N–H and O–H groups in total. The number of guanidine groups is 1. The number of carboxylic acid groups (broad SMARTS) is 1. The summed E-state index contributed by atoms with van der Waals surface area (Å²) in [5, 5.41) is 71.6. The van der Waals surface area contributed by atoms with E-state index in [9.17, 15) is 68.4 Å². The molecule has 0 aromatic heterocycles. The molecule has 34 nitrogen and oxygen atoms in total. The lowest BCUT2D eigenvalue weighted by atomic mass is 9.83. The zero-order valence-electron chi connectivity index (χ0n) is 72.0. The molecular weight excluding hydrogens is 1580 g/mol. The first-order valence-electron chi connectivity index (χ1n) is 41.0. The van der Waals surface area contributed by atoms with Crippen molar-refractivity contribution in [1.82, 2.24) is 47.4 Å². The van der Waals surface area contributed by atoms with E-state index in [2.05, 4.69) is 42.5 Å². The van der Waals surface area contributed by atoms with Crippen molar-refractivity contribution in [2.24, 2.45) is 57.8 Å². The van der Waals surface area contributed by atoms with Crippen LogP contribution < -0.4 is 54.0 Å². The van der Waals surface area contributed by atoms with Crippen molar-refractivity contribution in [1.29, 1.82) is 5.41 Å². The van der Waals surface area contributed by atoms with Crippen LogP contribution in [-0.2, 0) is 91.6 Å². The number of rotatable bonds is 50. The van der Waals surface area contributed by atoms with Gasteiger partial charge in [0.15, 0.2) is 23.1 Å². The summed E-state index contributed by atoms with van der Waals surface area (Å²) in [4.78, 5) is 211. The van der Waals surface area contributed by atoms with E-state index in [1.165, 1.54) is 0 Å². The lowest BCUT2D eigenvalue weighted by molar-refractivity contribution is -0.145. The molecule has 0 bridgehead atoms. The summed E-state index contributed by atoms with van der Waals surface area (Å²) in [5.41, 5.74) is 13.2. The molecule has 10 amide bonds. The second kappa shape index (κ2) is 50.8. The number of nitrogens with two attached hydrogens (primary N) is 2. The standard InChI is InChI=1S/C88H126N12O22/c1-14-53(6)61(78(111)96-73(54(7)102)66(103)37-38-71(108)92-63(44-70(89)107)67(104)42-60(47-101)82(115)116)43-68(105)62(36-27-39-100(86(119)122-50-57-32-23-17-24-33-57)83(91)99-85(118)121-49-56-30-21-16-22-31-56)93-77(110)59(40-51(2)3)41-69(106)74(76(109)52(4)5)97-81(114)75(72(90)58-34-25-18-26-35-58)98-80(113)64(45-87(8,9)10)94-79(112)65(46-88(11,12)13)95-84(117)120-48-55-28-19-15-20-29-55/h15-26,28-35,51-54,59-65,72-76,101-102,109H,14,27,36-50,90H2,1-13H3,(H2,89,107)(H,92,108)(H,93,110)(H,94,112)(H,95,117)(H,96,111)(H,97,114)(H,98,113)(H,115,116)(H2,91,99,118)/t53-,54-,59+,60-,61?,62+,63-,64-,65+,72+,73-,74+,75-,76+/m0/s1. The van der Waals surface area contributed by atoms with Crippen molar-refractivity contribution in [2.75, 3.05) is 13.2 Å². The molecule has 0 aliphatic rings. The van der Waals surface area contributed by atoms with Crippen LogP contribution in [0, 0.1) is 51.7 Å². The summed E-state index contributed by atoms with van der Waals surface area (Å²) < 4.78 is 16.4. The largest absolute Gasteiger partial charge is 0.481 e. The molecule has 1 unspecified atom stereocenters. The molecule has 34 heteroatoms. The van der Waals surface area contributed by atoms with Crippen molar-refractivity contribution < 1.29 is 107 Å². The molecule has 14 atom stereocenters. The van der Waals surface area contributed by atoms with Crippen molar-refractivity contribution >= 4 is 94.7 Å². The van der Waals surface area contributed by atoms with Gasteiger partial charge >= 0.3 is 24.2 Å². The number of hydrogen-bond donors (Lipinski definition) is 15. The highest BCUT2D eigenvalue weighted by atomic mass is 16.6. The van der Waals surface area contributed by atoms with Crippen LogP contribution in [0.1, 0.15) is 195 Å². The van der Waals surface area contributed by atoms with E-state index in [0.29, 0.717) is 22.3 Å². The predicted molar refractivity (Wildman–Crippen MR) is 450 cm³/mol. The summed E-state index contributed by atoms with van der Waals surface area (Å²) in [6, 6.07) is 21.3. The average Bonchev–Trinajstić information content (AvgIpc) is 0.820. The van der Waals surface area contributed by atoms with Gasteiger partial charge in [-0.2, -0.15) is 0 Å². The Morgan fingerprint density at radius 3 is 1.45 bits per heavy atom. The second-order valence-corrected chi connectivity index (χ2v) is 34.0. The first-order valence-corrected chi connectivity index (χ1v) is 41.0. The van der Waals surface area contributed by atoms with Gasteiger partial charge in [-0.25, -0.2) is 19.3 Å². The smallest absolute Gasteiger partial charge is 0.416 e. The fourth-order valence-corrected chi connectivity index (χ4v) is 13.2. The number of carboxylic acids is 1. The van der Waals surface area contributed by atoms with Gasteiger partial charge in [-0.3, -0.25) is 68.3 Å².